The number of hydrogen-bond donors (Lipinski definition) is 3. The molecule has 1 aliphatic rings. The zero-order valence-electron chi connectivity index (χ0n) is 18.4. The summed E-state index contributed by atoms with van der Waals surface area (Å²) in [6.45, 7) is 7.22. The number of carbonyl (C=O) groups is 2. The van der Waals surface area contributed by atoms with E-state index in [1.807, 2.05) is 36.4 Å². The molecular weight excluding hydrogens is 438 g/mol. The molecule has 0 aliphatic carbocycles. The standard InChI is InChI=1S/C24H27N3O3SSi/c1-32(2,3)10-9-19-12-17-13-20(26-23(17)31-19)22(29)25-21(11-16-7-5-4-6-8-16)24(30)27-14-18(28)15-27/h4-8,12-13,18,21,26,28H,11,14-15H2,1-3H3,(H,25,29)/t21-/m0/s1. The average Bonchev–Trinajstić information content (AvgIpc) is 3.28. The van der Waals surface area contributed by atoms with Crippen molar-refractivity contribution in [2.45, 2.75) is 38.2 Å². The minimum Gasteiger partial charge on any atom is -0.389 e. The van der Waals surface area contributed by atoms with Gasteiger partial charge >= 0.3 is 0 Å². The van der Waals surface area contributed by atoms with Gasteiger partial charge < -0.3 is 20.3 Å². The van der Waals surface area contributed by atoms with Gasteiger partial charge in [0.05, 0.1) is 11.0 Å². The molecule has 2 amide bonds. The molecule has 1 saturated heterocycles. The van der Waals surface area contributed by atoms with E-state index in [0.717, 1.165) is 20.7 Å². The fourth-order valence-corrected chi connectivity index (χ4v) is 5.00. The van der Waals surface area contributed by atoms with Gasteiger partial charge in [-0.1, -0.05) is 55.9 Å². The second-order valence-electron chi connectivity index (χ2n) is 9.19. The predicted octanol–water partition coefficient (Wildman–Crippen LogP) is 3.00. The number of aliphatic hydroxyl groups is 1. The van der Waals surface area contributed by atoms with Crippen molar-refractivity contribution in [3.05, 3.63) is 58.6 Å². The van der Waals surface area contributed by atoms with Gasteiger partial charge in [0.25, 0.3) is 5.91 Å². The molecule has 0 saturated carbocycles. The lowest BCUT2D eigenvalue weighted by Crippen LogP contribution is -2.59. The number of hydrogen-bond acceptors (Lipinski definition) is 4. The van der Waals surface area contributed by atoms with E-state index in [9.17, 15) is 14.7 Å². The van der Waals surface area contributed by atoms with Crippen LogP contribution in [0.1, 0.15) is 20.9 Å². The van der Waals surface area contributed by atoms with Crippen LogP contribution in [-0.4, -0.2) is 60.1 Å². The number of likely N-dealkylation sites (tertiary alicyclic amines) is 1. The van der Waals surface area contributed by atoms with Gasteiger partial charge in [0.1, 0.15) is 24.6 Å². The monoisotopic (exact) mass is 465 g/mol. The first-order valence-electron chi connectivity index (χ1n) is 10.7. The van der Waals surface area contributed by atoms with E-state index in [0.29, 0.717) is 25.2 Å². The Balaban J connectivity index is 1.50. The summed E-state index contributed by atoms with van der Waals surface area (Å²) in [5, 5.41) is 13.4. The Morgan fingerprint density at radius 1 is 1.25 bits per heavy atom. The van der Waals surface area contributed by atoms with E-state index in [-0.39, 0.29) is 11.8 Å². The average molecular weight is 466 g/mol. The Morgan fingerprint density at radius 2 is 1.97 bits per heavy atom. The van der Waals surface area contributed by atoms with E-state index in [2.05, 4.69) is 41.4 Å². The first-order chi connectivity index (χ1) is 15.2. The lowest BCUT2D eigenvalue weighted by molar-refractivity contribution is -0.143. The lowest BCUT2D eigenvalue weighted by Gasteiger charge is -2.38. The van der Waals surface area contributed by atoms with Gasteiger partial charge in [-0.2, -0.15) is 0 Å². The van der Waals surface area contributed by atoms with Crippen molar-refractivity contribution in [2.75, 3.05) is 13.1 Å². The van der Waals surface area contributed by atoms with Crippen molar-refractivity contribution in [3.8, 4) is 11.5 Å². The van der Waals surface area contributed by atoms with E-state index >= 15 is 0 Å². The minimum atomic E-state index is -1.45. The number of thiophene rings is 1. The number of benzene rings is 1. The quantitative estimate of drug-likeness (QED) is 0.400. The van der Waals surface area contributed by atoms with Crippen LogP contribution in [0.25, 0.3) is 10.2 Å². The third-order valence-corrected chi connectivity index (χ3v) is 7.03. The molecular formula is C24H27N3O3SSi. The number of rotatable bonds is 5. The molecule has 32 heavy (non-hydrogen) atoms. The number of aliphatic hydroxyl groups excluding tert-OH is 1. The van der Waals surface area contributed by atoms with E-state index in [4.69, 9.17) is 0 Å². The van der Waals surface area contributed by atoms with Crippen LogP contribution >= 0.6 is 11.3 Å². The molecule has 6 nitrogen and oxygen atoms in total. The highest BCUT2D eigenvalue weighted by atomic mass is 32.1. The third kappa shape index (κ3) is 5.30. The maximum absolute atomic E-state index is 13.0. The second-order valence-corrected chi connectivity index (χ2v) is 15.0. The van der Waals surface area contributed by atoms with Crippen LogP contribution in [0.2, 0.25) is 19.6 Å². The Morgan fingerprint density at radius 3 is 2.59 bits per heavy atom. The summed E-state index contributed by atoms with van der Waals surface area (Å²) in [5.74, 6) is 2.75. The number of amides is 2. The second kappa shape index (κ2) is 8.94. The molecule has 0 unspecified atom stereocenters. The van der Waals surface area contributed by atoms with Gasteiger partial charge in [-0.05, 0) is 17.7 Å². The fourth-order valence-electron chi connectivity index (χ4n) is 3.50. The molecule has 1 fully saturated rings. The van der Waals surface area contributed by atoms with Crippen LogP contribution < -0.4 is 5.32 Å². The van der Waals surface area contributed by atoms with Gasteiger partial charge in [0, 0.05) is 24.9 Å². The molecule has 3 N–H and O–H groups in total. The predicted molar refractivity (Wildman–Crippen MR) is 130 cm³/mol. The molecule has 3 aromatic rings. The molecule has 4 rings (SSSR count). The van der Waals surface area contributed by atoms with Crippen molar-refractivity contribution in [2.24, 2.45) is 0 Å². The Kier molecular flexibility index (Phi) is 6.24. The normalized spacial score (nSPS) is 15.1. The number of nitrogens with zero attached hydrogens (tertiary/aromatic N) is 1. The molecule has 2 aromatic heterocycles. The molecule has 0 spiro atoms. The largest absolute Gasteiger partial charge is 0.389 e. The Labute approximate surface area is 192 Å². The molecule has 1 aliphatic heterocycles. The number of H-pyrrole nitrogens is 1. The highest BCUT2D eigenvalue weighted by molar-refractivity contribution is 7.19. The molecule has 8 heteroatoms. The maximum Gasteiger partial charge on any atom is 0.268 e. The zero-order chi connectivity index (χ0) is 22.9. The van der Waals surface area contributed by atoms with Crippen molar-refractivity contribution >= 4 is 41.4 Å². The summed E-state index contributed by atoms with van der Waals surface area (Å²) < 4.78 is 0. The maximum atomic E-state index is 13.0. The van der Waals surface area contributed by atoms with Gasteiger partial charge in [-0.3, -0.25) is 9.59 Å². The summed E-state index contributed by atoms with van der Waals surface area (Å²) in [5.41, 5.74) is 4.74. The molecule has 1 aromatic carbocycles. The SMILES string of the molecule is C[Si](C)(C)C#Cc1cc2cc(C(=O)N[C@@H](Cc3ccccc3)C(=O)N3CC(O)C3)[nH]c2s1. The first kappa shape index (κ1) is 22.3. The van der Waals surface area contributed by atoms with Gasteiger partial charge in [-0.25, -0.2) is 0 Å². The Hall–Kier alpha value is -2.86. The van der Waals surface area contributed by atoms with Crippen LogP contribution in [0.4, 0.5) is 0 Å². The van der Waals surface area contributed by atoms with Crippen molar-refractivity contribution in [1.82, 2.24) is 15.2 Å². The molecule has 166 valence electrons. The van der Waals surface area contributed by atoms with Crippen LogP contribution in [-0.2, 0) is 11.2 Å². The van der Waals surface area contributed by atoms with Crippen LogP contribution in [0.3, 0.4) is 0 Å². The topological polar surface area (TPSA) is 85.4 Å². The van der Waals surface area contributed by atoms with Crippen molar-refractivity contribution in [3.63, 3.8) is 0 Å². The van der Waals surface area contributed by atoms with E-state index < -0.39 is 20.2 Å². The lowest BCUT2D eigenvalue weighted by atomic mass is 10.0. The van der Waals surface area contributed by atoms with Gasteiger partial charge in [0.15, 0.2) is 0 Å². The summed E-state index contributed by atoms with van der Waals surface area (Å²) in [6, 6.07) is 12.7. The number of aromatic amines is 1. The number of carbonyl (C=O) groups excluding carboxylic acids is 2. The highest BCUT2D eigenvalue weighted by Crippen LogP contribution is 2.26. The Bertz CT molecular complexity index is 1160. The van der Waals surface area contributed by atoms with Gasteiger partial charge in [-0.15, -0.1) is 16.9 Å². The number of nitrogens with one attached hydrogen (secondary N) is 2. The van der Waals surface area contributed by atoms with Gasteiger partial charge in [0.2, 0.25) is 5.91 Å². The molecule has 3 heterocycles. The highest BCUT2D eigenvalue weighted by Gasteiger charge is 2.34. The van der Waals surface area contributed by atoms with Crippen molar-refractivity contribution in [1.29, 1.82) is 0 Å². The van der Waals surface area contributed by atoms with E-state index in [1.165, 1.54) is 11.3 Å². The number of β-amino-alcohol motifs (C(OH)–C–C–N with tert-alkyl or cyclic N) is 1. The van der Waals surface area contributed by atoms with E-state index in [1.54, 1.807) is 11.0 Å². The summed E-state index contributed by atoms with van der Waals surface area (Å²) >= 11 is 1.53. The minimum absolute atomic E-state index is 0.176. The smallest absolute Gasteiger partial charge is 0.268 e. The molecule has 0 bridgehead atoms. The summed E-state index contributed by atoms with van der Waals surface area (Å²) in [7, 11) is -1.45. The number of fused-ring (bicyclic) bond motifs is 1. The van der Waals surface area contributed by atoms with Crippen molar-refractivity contribution < 1.29 is 14.7 Å². The van der Waals surface area contributed by atoms with Crippen LogP contribution in [0.15, 0.2) is 42.5 Å². The molecule has 0 radical (unpaired) electrons. The van der Waals surface area contributed by atoms with Crippen LogP contribution in [0.5, 0.6) is 0 Å². The molecule has 1 atom stereocenters. The summed E-state index contributed by atoms with van der Waals surface area (Å²) in [4.78, 5) is 32.5. The number of aromatic nitrogens is 1. The van der Waals surface area contributed by atoms with Crippen LogP contribution in [0, 0.1) is 11.5 Å². The first-order valence-corrected chi connectivity index (χ1v) is 15.0. The zero-order valence-corrected chi connectivity index (χ0v) is 20.3. The fraction of sp³-hybridized carbons (Fsp3) is 0.333. The third-order valence-electron chi connectivity index (χ3n) is 5.17. The summed E-state index contributed by atoms with van der Waals surface area (Å²) in [6.07, 6.45) is -0.0933.